The third-order valence-electron chi connectivity index (χ3n) is 11.7. The summed E-state index contributed by atoms with van der Waals surface area (Å²) >= 11 is 1.39. The number of imidazole rings is 1. The van der Waals surface area contributed by atoms with Crippen LogP contribution >= 0.6 is 11.3 Å². The second kappa shape index (κ2) is 17.2. The molecule has 8 rings (SSSR count). The minimum Gasteiger partial charge on any atom is -0.497 e. The van der Waals surface area contributed by atoms with Crippen LogP contribution in [0.1, 0.15) is 76.7 Å². The van der Waals surface area contributed by atoms with Crippen LogP contribution in [0.3, 0.4) is 0 Å². The van der Waals surface area contributed by atoms with Crippen molar-refractivity contribution in [3.8, 4) is 27.7 Å². The van der Waals surface area contributed by atoms with Crippen molar-refractivity contribution in [3.63, 3.8) is 0 Å². The van der Waals surface area contributed by atoms with Crippen molar-refractivity contribution in [2.24, 2.45) is 13.0 Å². The molecule has 1 saturated heterocycles. The van der Waals surface area contributed by atoms with Crippen molar-refractivity contribution in [2.45, 2.75) is 105 Å². The number of aromatic nitrogens is 6. The van der Waals surface area contributed by atoms with Gasteiger partial charge in [-0.3, -0.25) is 14.4 Å². The number of sulfonamides is 1. The van der Waals surface area contributed by atoms with Gasteiger partial charge in [-0.2, -0.15) is 18.3 Å². The molecule has 5 atom stereocenters. The smallest absolute Gasteiger partial charge is 0.408 e. The van der Waals surface area contributed by atoms with E-state index in [1.165, 1.54) is 38.1 Å². The number of amides is 4. The fourth-order valence-corrected chi connectivity index (χ4v) is 9.95. The van der Waals surface area contributed by atoms with Gasteiger partial charge in [-0.05, 0) is 75.6 Å². The van der Waals surface area contributed by atoms with Gasteiger partial charge in [-0.1, -0.05) is 25.0 Å². The molecular weight excluding hydrogens is 813 g/mol. The number of fused-ring (bicyclic) bond motifs is 2. The molecule has 18 nitrogen and oxygen atoms in total. The van der Waals surface area contributed by atoms with Gasteiger partial charge in [0, 0.05) is 49.3 Å². The summed E-state index contributed by atoms with van der Waals surface area (Å²) in [6.45, 7) is -0.00258. The summed E-state index contributed by atoms with van der Waals surface area (Å²) in [7, 11) is -1.20. The Morgan fingerprint density at radius 3 is 2.48 bits per heavy atom. The molecule has 2 aliphatic carbocycles. The number of nitrogens with zero attached hydrogens (tertiary/aromatic N) is 7. The van der Waals surface area contributed by atoms with Crippen molar-refractivity contribution in [2.75, 3.05) is 13.7 Å². The lowest BCUT2D eigenvalue weighted by atomic mass is 10.0. The normalized spacial score (nSPS) is 25.6. The van der Waals surface area contributed by atoms with Crippen LogP contribution in [0.4, 0.5) is 4.79 Å². The lowest BCUT2D eigenvalue weighted by molar-refractivity contribution is -0.141. The molecule has 4 aliphatic rings. The highest BCUT2D eigenvalue weighted by molar-refractivity contribution is 7.90. The molecule has 2 aliphatic heterocycles. The molecule has 3 N–H and O–H groups in total. The first-order valence-corrected chi connectivity index (χ1v) is 22.6. The van der Waals surface area contributed by atoms with Gasteiger partial charge in [-0.15, -0.1) is 16.4 Å². The van der Waals surface area contributed by atoms with Crippen LogP contribution in [0.2, 0.25) is 0 Å². The number of aryl methyl sites for hydroxylation is 1. The summed E-state index contributed by atoms with van der Waals surface area (Å²) in [4.78, 5) is 68.1. The van der Waals surface area contributed by atoms with Crippen LogP contribution in [-0.4, -0.2) is 104 Å². The van der Waals surface area contributed by atoms with Crippen molar-refractivity contribution in [3.05, 3.63) is 60.5 Å². The number of hydrogen-bond acceptors (Lipinski definition) is 13. The molecule has 0 unspecified atom stereocenters. The molecule has 5 heterocycles. The maximum Gasteiger partial charge on any atom is 0.408 e. The van der Waals surface area contributed by atoms with E-state index in [9.17, 15) is 27.6 Å². The number of methoxy groups -OCH3 is 1. The third-order valence-corrected chi connectivity index (χ3v) is 13.7. The van der Waals surface area contributed by atoms with E-state index < -0.39 is 63.4 Å². The zero-order valence-corrected chi connectivity index (χ0v) is 35.0. The highest BCUT2D eigenvalue weighted by Crippen LogP contribution is 2.46. The summed E-state index contributed by atoms with van der Waals surface area (Å²) in [5.41, 5.74) is 0.191. The van der Waals surface area contributed by atoms with E-state index in [4.69, 9.17) is 19.7 Å². The quantitative estimate of drug-likeness (QED) is 0.204. The first kappa shape index (κ1) is 41.1. The van der Waals surface area contributed by atoms with E-state index in [0.717, 1.165) is 44.1 Å². The third kappa shape index (κ3) is 8.65. The highest BCUT2D eigenvalue weighted by Gasteiger charge is 2.62. The van der Waals surface area contributed by atoms with E-state index in [0.29, 0.717) is 41.4 Å². The van der Waals surface area contributed by atoms with Gasteiger partial charge in [-0.25, -0.2) is 19.5 Å². The maximum absolute atomic E-state index is 14.8. The molecule has 0 bridgehead atoms. The number of nitrogens with one attached hydrogen (secondary N) is 3. The van der Waals surface area contributed by atoms with E-state index in [1.807, 2.05) is 41.8 Å². The molecule has 20 heteroatoms. The van der Waals surface area contributed by atoms with Gasteiger partial charge in [0.25, 0.3) is 15.9 Å². The Morgan fingerprint density at radius 1 is 1.00 bits per heavy atom. The van der Waals surface area contributed by atoms with E-state index in [2.05, 4.69) is 25.3 Å². The number of hydrogen-bond donors (Lipinski definition) is 3. The average Bonchev–Trinajstić information content (AvgIpc) is 3.97. The van der Waals surface area contributed by atoms with Crippen LogP contribution in [0.15, 0.2) is 65.5 Å². The Hall–Kier alpha value is -5.63. The number of rotatable bonds is 9. The van der Waals surface area contributed by atoms with E-state index in [1.54, 1.807) is 20.4 Å². The number of carbonyl (C=O) groups excluding carboxylic acids is 4. The standard InChI is InChI=1S/C40H48N10O8S2/c1-48-23-32(42-24-48)60(55,56)47-38(53)40-21-26(40)10-6-4-3-5-7-13-30(43-39(54)58-29-11-8-9-12-29)37(52)49-22-27(20-31(49)35(51)44-40)50-45-33(25-14-16-28(57-2)17-15-25)34(46-50)36-41-18-19-59-36/h6,10,14-19,23-24,26-27,29-31H,3-5,7-9,11-13,20-22H2,1-2H3,(H,43,54)(H,44,51)(H,47,53)/b10-6+/t26-,27-,30-,31+,40-/m1/s1. The minimum atomic E-state index is -4.38. The van der Waals surface area contributed by atoms with Crippen LogP contribution in [0, 0.1) is 5.92 Å². The van der Waals surface area contributed by atoms with Crippen molar-refractivity contribution in [1.82, 2.24) is 49.8 Å². The fraction of sp³-hybridized carbons (Fsp3) is 0.500. The minimum absolute atomic E-state index is 0.00258. The Morgan fingerprint density at radius 2 is 1.77 bits per heavy atom. The predicted molar refractivity (Wildman–Crippen MR) is 218 cm³/mol. The molecule has 3 aromatic heterocycles. The molecule has 0 radical (unpaired) electrons. The summed E-state index contributed by atoms with van der Waals surface area (Å²) in [6, 6.07) is 4.57. The Kier molecular flexibility index (Phi) is 11.8. The number of carbonyl (C=O) groups is 4. The van der Waals surface area contributed by atoms with E-state index in [-0.39, 0.29) is 30.5 Å². The van der Waals surface area contributed by atoms with E-state index >= 15 is 0 Å². The molecule has 4 aromatic rings. The molecule has 3 fully saturated rings. The van der Waals surface area contributed by atoms with Gasteiger partial charge in [0.15, 0.2) is 5.03 Å². The Bertz CT molecular complexity index is 2360. The molecule has 1 aromatic carbocycles. The first-order valence-electron chi connectivity index (χ1n) is 20.3. The largest absolute Gasteiger partial charge is 0.497 e. The monoisotopic (exact) mass is 860 g/mol. The second-order valence-electron chi connectivity index (χ2n) is 15.8. The Balaban J connectivity index is 1.13. The van der Waals surface area contributed by atoms with Crippen LogP contribution in [0.25, 0.3) is 22.0 Å². The number of allylic oxidation sites excluding steroid dienone is 1. The molecular formula is C40H48N10O8S2. The molecule has 2 saturated carbocycles. The van der Waals surface area contributed by atoms with Gasteiger partial charge < -0.3 is 29.6 Å². The van der Waals surface area contributed by atoms with Gasteiger partial charge in [0.05, 0.1) is 19.5 Å². The van der Waals surface area contributed by atoms with Crippen molar-refractivity contribution < 1.29 is 37.1 Å². The molecule has 0 spiro atoms. The van der Waals surface area contributed by atoms with Crippen LogP contribution in [-0.2, 0) is 36.2 Å². The summed E-state index contributed by atoms with van der Waals surface area (Å²) in [6.07, 6.45) is 13.9. The Labute approximate surface area is 351 Å². The number of benzene rings is 1. The van der Waals surface area contributed by atoms with Crippen molar-refractivity contribution >= 4 is 45.2 Å². The first-order chi connectivity index (χ1) is 28.9. The van der Waals surface area contributed by atoms with Gasteiger partial charge in [0.2, 0.25) is 11.8 Å². The zero-order chi connectivity index (χ0) is 42.0. The summed E-state index contributed by atoms with van der Waals surface area (Å²) in [5.74, 6) is -1.89. The molecule has 60 heavy (non-hydrogen) atoms. The highest BCUT2D eigenvalue weighted by atomic mass is 32.2. The van der Waals surface area contributed by atoms with Crippen LogP contribution < -0.4 is 20.1 Å². The van der Waals surface area contributed by atoms with Crippen molar-refractivity contribution in [1.29, 1.82) is 0 Å². The molecule has 318 valence electrons. The van der Waals surface area contributed by atoms with Gasteiger partial charge in [0.1, 0.15) is 45.9 Å². The average molecular weight is 861 g/mol. The maximum atomic E-state index is 14.8. The van der Waals surface area contributed by atoms with Gasteiger partial charge >= 0.3 is 6.09 Å². The predicted octanol–water partition coefficient (Wildman–Crippen LogP) is 3.89. The second-order valence-corrected chi connectivity index (χ2v) is 18.4. The number of ether oxygens (including phenoxy) is 2. The summed E-state index contributed by atoms with van der Waals surface area (Å²) < 4.78 is 41.2. The zero-order valence-electron chi connectivity index (χ0n) is 33.4. The SMILES string of the molecule is COc1ccc(-c2nn([C@@H]3C[C@H]4C(=O)N[C@]5(C(=O)NS(=O)(=O)c6cn(C)cn6)C[C@H]5/C=C/CCCCC[C@@H](NC(=O)OC5CCCC5)C(=O)N4C3)nc2-c2nccs2)cc1. The fourth-order valence-electron chi connectivity index (χ4n) is 8.30. The lowest BCUT2D eigenvalue weighted by Crippen LogP contribution is -2.58. The number of thiazole rings is 1. The van der Waals surface area contributed by atoms with Crippen LogP contribution in [0.5, 0.6) is 5.75 Å². The number of alkyl carbamates (subject to hydrolysis) is 1. The summed E-state index contributed by atoms with van der Waals surface area (Å²) in [5, 5.41) is 17.6. The topological polar surface area (TPSA) is 222 Å². The lowest BCUT2D eigenvalue weighted by Gasteiger charge is -2.30. The molecule has 4 amide bonds.